The van der Waals surface area contributed by atoms with Crippen molar-refractivity contribution in [1.82, 2.24) is 19.6 Å². The van der Waals surface area contributed by atoms with Crippen LogP contribution in [0.25, 0.3) is 24.3 Å². The summed E-state index contributed by atoms with van der Waals surface area (Å²) < 4.78 is 4.05. The molecule has 0 amide bonds. The van der Waals surface area contributed by atoms with Crippen LogP contribution >= 0.6 is 0 Å². The minimum absolute atomic E-state index is 0.486. The van der Waals surface area contributed by atoms with Crippen molar-refractivity contribution in [2.45, 2.75) is 77.0 Å². The van der Waals surface area contributed by atoms with Crippen molar-refractivity contribution in [3.05, 3.63) is 120 Å². The fourth-order valence-corrected chi connectivity index (χ4v) is 8.49. The van der Waals surface area contributed by atoms with Crippen molar-refractivity contribution in [3.63, 3.8) is 0 Å². The second kappa shape index (κ2) is 28.0. The SMILES string of the molecule is CCCCN(CC(O)CN1CCN(CC(O)CN(CCCC)CC(O)C[n+]2ccc(C=Cc3ccc(N(C)C)cc3)cc2)CC1)CC(O)C[n+]1ccc(C=Cc2ccc(N(C)C)cc2)cc1. The summed E-state index contributed by atoms with van der Waals surface area (Å²) in [5.74, 6) is 0. The highest BCUT2D eigenvalue weighted by molar-refractivity contribution is 5.71. The lowest BCUT2D eigenvalue weighted by Gasteiger charge is -2.37. The van der Waals surface area contributed by atoms with Gasteiger partial charge in [-0.3, -0.25) is 19.6 Å². The number of aliphatic hydroxyl groups is 4. The maximum absolute atomic E-state index is 11.3. The number of rotatable bonds is 28. The topological polar surface area (TPSA) is 108 Å². The Morgan fingerprint density at radius 1 is 0.470 bits per heavy atom. The number of β-amino-alcohol motifs (C(OH)–C–C–N with tert-alkyl or cyclic N) is 2. The lowest BCUT2D eigenvalue weighted by molar-refractivity contribution is -0.703. The summed E-state index contributed by atoms with van der Waals surface area (Å²) in [4.78, 5) is 13.3. The largest absolute Gasteiger partial charge is 0.390 e. The monoisotopic (exact) mass is 907 g/mol. The molecule has 0 aliphatic carbocycles. The first-order valence-corrected chi connectivity index (χ1v) is 24.4. The average molecular weight is 907 g/mol. The van der Waals surface area contributed by atoms with E-state index in [2.05, 4.69) is 140 Å². The molecule has 1 fully saturated rings. The zero-order chi connectivity index (χ0) is 47.3. The van der Waals surface area contributed by atoms with Crippen LogP contribution in [0, 0.1) is 0 Å². The van der Waals surface area contributed by atoms with E-state index in [1.165, 1.54) is 11.4 Å². The standard InChI is InChI=1S/C54H82N8O4/c1-7-9-27-61(41-51(63)37-57-29-23-47(24-30-57)13-11-45-15-19-49(20-16-45)55(3)4)43-53(65)39-59-33-35-60(36-34-59)40-54(66)44-62(28-10-8-2)42-52(64)38-58-31-25-48(26-32-58)14-12-46-17-21-50(22-18-46)56(5)6/h11-26,29-32,51-54,63-66H,7-10,27-28,33-44H2,1-6H3/q+2. The fourth-order valence-electron chi connectivity index (χ4n) is 8.49. The molecule has 0 bridgehead atoms. The summed E-state index contributed by atoms with van der Waals surface area (Å²) in [6.07, 6.45) is 18.5. The summed E-state index contributed by atoms with van der Waals surface area (Å²) in [6, 6.07) is 25.2. The predicted octanol–water partition coefficient (Wildman–Crippen LogP) is 4.70. The van der Waals surface area contributed by atoms with Gasteiger partial charge in [-0.25, -0.2) is 9.13 Å². The number of aliphatic hydroxyl groups excluding tert-OH is 4. The molecule has 1 saturated heterocycles. The molecule has 3 heterocycles. The van der Waals surface area contributed by atoms with Crippen molar-refractivity contribution >= 4 is 35.7 Å². The van der Waals surface area contributed by atoms with Crippen molar-refractivity contribution in [3.8, 4) is 0 Å². The molecular weight excluding hydrogens is 825 g/mol. The van der Waals surface area contributed by atoms with E-state index in [4.69, 9.17) is 0 Å². The first kappa shape index (κ1) is 52.5. The Balaban J connectivity index is 1.00. The van der Waals surface area contributed by atoms with Crippen LogP contribution in [0.1, 0.15) is 61.8 Å². The van der Waals surface area contributed by atoms with Gasteiger partial charge in [0.05, 0.1) is 12.2 Å². The van der Waals surface area contributed by atoms with Gasteiger partial charge in [-0.05, 0) is 72.5 Å². The van der Waals surface area contributed by atoms with Crippen LogP contribution in [-0.4, -0.2) is 171 Å². The van der Waals surface area contributed by atoms with Gasteiger partial charge in [-0.15, -0.1) is 0 Å². The fraction of sp³-hybridized carbons (Fsp3) is 0.519. The van der Waals surface area contributed by atoms with Gasteiger partial charge in [-0.1, -0.05) is 75.3 Å². The van der Waals surface area contributed by atoms with Gasteiger partial charge in [0.1, 0.15) is 12.2 Å². The minimum Gasteiger partial charge on any atom is -0.390 e. The van der Waals surface area contributed by atoms with Gasteiger partial charge < -0.3 is 30.2 Å². The Hall–Kier alpha value is -4.50. The number of hydrogen-bond donors (Lipinski definition) is 4. The maximum Gasteiger partial charge on any atom is 0.175 e. The summed E-state index contributed by atoms with van der Waals surface area (Å²) in [7, 11) is 8.16. The second-order valence-corrected chi connectivity index (χ2v) is 18.7. The van der Waals surface area contributed by atoms with Crippen LogP contribution in [0.15, 0.2) is 97.6 Å². The molecule has 1 aliphatic heterocycles. The van der Waals surface area contributed by atoms with Gasteiger partial charge in [-0.2, -0.15) is 0 Å². The Morgan fingerprint density at radius 2 is 0.773 bits per heavy atom. The van der Waals surface area contributed by atoms with E-state index in [-0.39, 0.29) is 0 Å². The molecule has 12 nitrogen and oxygen atoms in total. The van der Waals surface area contributed by atoms with Crippen LogP contribution in [0.3, 0.4) is 0 Å². The first-order valence-electron chi connectivity index (χ1n) is 24.4. The highest BCUT2D eigenvalue weighted by Crippen LogP contribution is 2.16. The van der Waals surface area contributed by atoms with Crippen LogP contribution < -0.4 is 18.9 Å². The Morgan fingerprint density at radius 3 is 1.08 bits per heavy atom. The molecular formula is C54H82N8O4+2. The summed E-state index contributed by atoms with van der Waals surface area (Å²) in [5, 5.41) is 44.8. The molecule has 0 saturated carbocycles. The van der Waals surface area contributed by atoms with E-state index in [0.29, 0.717) is 52.4 Å². The van der Waals surface area contributed by atoms with Crippen LogP contribution in [0.2, 0.25) is 0 Å². The summed E-state index contributed by atoms with van der Waals surface area (Å²) >= 11 is 0. The van der Waals surface area contributed by atoms with E-state index in [1.807, 2.05) is 62.1 Å². The van der Waals surface area contributed by atoms with Gasteiger partial charge in [0, 0.05) is 129 Å². The highest BCUT2D eigenvalue weighted by atomic mass is 16.3. The Labute approximate surface area is 396 Å². The first-order chi connectivity index (χ1) is 31.8. The third kappa shape index (κ3) is 19.0. The smallest absolute Gasteiger partial charge is 0.175 e. The van der Waals surface area contributed by atoms with Crippen LogP contribution in [-0.2, 0) is 13.1 Å². The lowest BCUT2D eigenvalue weighted by atomic mass is 10.1. The molecule has 0 spiro atoms. The number of aromatic nitrogens is 2. The third-order valence-corrected chi connectivity index (χ3v) is 12.4. The summed E-state index contributed by atoms with van der Waals surface area (Å²) in [5.41, 5.74) is 6.85. The predicted molar refractivity (Wildman–Crippen MR) is 272 cm³/mol. The van der Waals surface area contributed by atoms with Crippen LogP contribution in [0.4, 0.5) is 11.4 Å². The van der Waals surface area contributed by atoms with E-state index < -0.39 is 24.4 Å². The maximum atomic E-state index is 11.3. The van der Waals surface area contributed by atoms with E-state index in [1.54, 1.807) is 0 Å². The molecule has 4 unspecified atom stereocenters. The molecule has 1 aliphatic rings. The second-order valence-electron chi connectivity index (χ2n) is 18.7. The molecule has 66 heavy (non-hydrogen) atoms. The summed E-state index contributed by atoms with van der Waals surface area (Å²) in [6.45, 7) is 13.6. The third-order valence-electron chi connectivity index (χ3n) is 12.4. The number of anilines is 2. The van der Waals surface area contributed by atoms with Gasteiger partial charge in [0.2, 0.25) is 0 Å². The number of unbranched alkanes of at least 4 members (excludes halogenated alkanes) is 2. The van der Waals surface area contributed by atoms with Crippen molar-refractivity contribution in [2.24, 2.45) is 0 Å². The molecule has 2 aromatic carbocycles. The number of hydrogen-bond acceptors (Lipinski definition) is 10. The van der Waals surface area contributed by atoms with Gasteiger partial charge >= 0.3 is 0 Å². The molecule has 360 valence electrons. The molecule has 12 heteroatoms. The van der Waals surface area contributed by atoms with Crippen molar-refractivity contribution < 1.29 is 29.6 Å². The normalized spacial score (nSPS) is 15.8. The minimum atomic E-state index is -0.561. The zero-order valence-electron chi connectivity index (χ0n) is 41.0. The molecule has 4 N–H and O–H groups in total. The van der Waals surface area contributed by atoms with Gasteiger partial charge in [0.25, 0.3) is 0 Å². The van der Waals surface area contributed by atoms with Crippen molar-refractivity contribution in [1.29, 1.82) is 0 Å². The highest BCUT2D eigenvalue weighted by Gasteiger charge is 2.25. The van der Waals surface area contributed by atoms with E-state index in [0.717, 1.165) is 87.2 Å². The Kier molecular flexibility index (Phi) is 22.2. The average Bonchev–Trinajstić information content (AvgIpc) is 3.30. The quantitative estimate of drug-likeness (QED) is 0.0600. The molecule has 2 aromatic heterocycles. The van der Waals surface area contributed by atoms with E-state index in [9.17, 15) is 20.4 Å². The number of piperazine rings is 1. The molecule has 4 aromatic rings. The number of nitrogens with zero attached hydrogens (tertiary/aromatic N) is 8. The number of pyridine rings is 2. The van der Waals surface area contributed by atoms with E-state index >= 15 is 0 Å². The molecule has 4 atom stereocenters. The molecule has 5 rings (SSSR count). The van der Waals surface area contributed by atoms with Crippen molar-refractivity contribution in [2.75, 3.05) is 117 Å². The Bertz CT molecular complexity index is 1840. The molecule has 0 radical (unpaired) electrons. The zero-order valence-corrected chi connectivity index (χ0v) is 41.0. The lowest BCUT2D eigenvalue weighted by Crippen LogP contribution is -2.53. The number of benzene rings is 2. The van der Waals surface area contributed by atoms with Crippen LogP contribution in [0.5, 0.6) is 0 Å². The van der Waals surface area contributed by atoms with Gasteiger partial charge in [0.15, 0.2) is 37.9 Å².